The molecule has 2 atom stereocenters. The summed E-state index contributed by atoms with van der Waals surface area (Å²) in [6, 6.07) is 0. The summed E-state index contributed by atoms with van der Waals surface area (Å²) in [5.41, 5.74) is 5.39. The summed E-state index contributed by atoms with van der Waals surface area (Å²) in [5, 5.41) is 0. The Kier molecular flexibility index (Phi) is 64.5. The third-order valence-electron chi connectivity index (χ3n) is 12.5. The number of ether oxygens (including phenoxy) is 2. The fourth-order valence-corrected chi connectivity index (χ4v) is 8.54. The van der Waals surface area contributed by atoms with E-state index in [2.05, 4.69) is 245 Å². The average Bonchev–Trinajstić information content (AvgIpc) is 3.64. The number of allylic oxidation sites excluding steroid dienone is 38. The Morgan fingerprint density at radius 1 is 0.345 bits per heavy atom. The summed E-state index contributed by atoms with van der Waals surface area (Å²) in [4.78, 5) is 35.3. The zero-order valence-corrected chi connectivity index (χ0v) is 54.8. The van der Waals surface area contributed by atoms with Crippen molar-refractivity contribution in [1.82, 2.24) is 0 Å². The van der Waals surface area contributed by atoms with Gasteiger partial charge in [0, 0.05) is 19.4 Å². The molecule has 0 saturated heterocycles. The second-order valence-electron chi connectivity index (χ2n) is 20.5. The van der Waals surface area contributed by atoms with Crippen LogP contribution < -0.4 is 5.73 Å². The molecule has 0 aliphatic rings. The molecule has 0 aromatic rings. The van der Waals surface area contributed by atoms with Crippen LogP contribution in [0, 0.1) is 0 Å². The molecule has 0 amide bonds. The van der Waals surface area contributed by atoms with Crippen molar-refractivity contribution in [2.24, 2.45) is 5.73 Å². The number of carbonyl (C=O) groups excluding carboxylic acids is 2. The van der Waals surface area contributed by atoms with E-state index >= 15 is 0 Å². The number of rotatable bonds is 58. The standard InChI is InChI=1S/C77H116NO8P/c1-3-5-7-9-11-13-15-17-19-21-23-25-27-29-31-33-35-37-39-41-43-45-47-49-51-53-55-57-59-61-63-65-67-69-76(79)83-73-75(74-85-87(81,82)84-72-71-78)86-77(80)70-68-66-64-62-60-58-56-54-52-50-48-46-44-42-40-38-36-34-32-30-28-26-24-22-20-18-16-14-12-10-8-6-4-2/h5-8,11-14,17-20,23-26,29-32,35-38,41-44,47-50,53-56,60,62,75H,3-4,9-10,15-16,21-22,27-28,33-34,39-40,45-46,51-52,57-59,61,63-74,78H2,1-2H3,(H,81,82)/b7-5-,8-6-,13-11-,14-12-,19-17-,20-18-,25-23-,26-24-,31-29-,32-30-,37-35-,38-36-,43-41-,44-42-,49-47-,50-48-,55-53-,56-54-,62-60-. The van der Waals surface area contributed by atoms with Crippen molar-refractivity contribution in [3.8, 4) is 0 Å². The lowest BCUT2D eigenvalue weighted by molar-refractivity contribution is -0.161. The molecule has 0 rings (SSSR count). The zero-order valence-electron chi connectivity index (χ0n) is 53.9. The molecule has 0 aromatic carbocycles. The minimum Gasteiger partial charge on any atom is -0.462 e. The summed E-state index contributed by atoms with van der Waals surface area (Å²) in [6.45, 7) is 3.40. The first-order valence-corrected chi connectivity index (χ1v) is 34.4. The van der Waals surface area contributed by atoms with Crippen LogP contribution in [0.1, 0.15) is 206 Å². The van der Waals surface area contributed by atoms with E-state index in [0.29, 0.717) is 12.8 Å². The van der Waals surface area contributed by atoms with Gasteiger partial charge in [-0.1, -0.05) is 264 Å². The van der Waals surface area contributed by atoms with Crippen molar-refractivity contribution in [1.29, 1.82) is 0 Å². The van der Waals surface area contributed by atoms with Gasteiger partial charge in [0.1, 0.15) is 6.61 Å². The third-order valence-corrected chi connectivity index (χ3v) is 13.5. The largest absolute Gasteiger partial charge is 0.472 e. The van der Waals surface area contributed by atoms with Crippen molar-refractivity contribution in [3.05, 3.63) is 231 Å². The van der Waals surface area contributed by atoms with Crippen LogP contribution >= 0.6 is 7.82 Å². The molecule has 0 radical (unpaired) electrons. The van der Waals surface area contributed by atoms with Crippen molar-refractivity contribution in [2.45, 2.75) is 213 Å². The molecule has 0 aliphatic carbocycles. The molecular formula is C77H116NO8P. The van der Waals surface area contributed by atoms with Gasteiger partial charge in [-0.05, 0) is 161 Å². The van der Waals surface area contributed by atoms with Crippen LogP contribution in [-0.2, 0) is 32.7 Å². The van der Waals surface area contributed by atoms with Gasteiger partial charge in [-0.3, -0.25) is 18.6 Å². The predicted molar refractivity (Wildman–Crippen MR) is 375 cm³/mol. The highest BCUT2D eigenvalue weighted by atomic mass is 31.2. The van der Waals surface area contributed by atoms with Crippen LogP contribution in [0.25, 0.3) is 0 Å². The molecule has 0 saturated carbocycles. The second kappa shape index (κ2) is 69.2. The Hall–Kier alpha value is -5.93. The van der Waals surface area contributed by atoms with E-state index in [9.17, 15) is 19.0 Å². The van der Waals surface area contributed by atoms with E-state index in [-0.39, 0.29) is 32.6 Å². The minimum absolute atomic E-state index is 0.0291. The van der Waals surface area contributed by atoms with Crippen molar-refractivity contribution in [2.75, 3.05) is 26.4 Å². The highest BCUT2D eigenvalue weighted by molar-refractivity contribution is 7.47. The van der Waals surface area contributed by atoms with E-state index in [1.807, 2.05) is 0 Å². The number of phosphoric acid groups is 1. The molecule has 482 valence electrons. The van der Waals surface area contributed by atoms with Gasteiger partial charge < -0.3 is 20.1 Å². The zero-order chi connectivity index (χ0) is 63.0. The molecule has 0 bridgehead atoms. The maximum absolute atomic E-state index is 12.7. The maximum atomic E-state index is 12.7. The summed E-state index contributed by atoms with van der Waals surface area (Å²) in [5.74, 6) is -0.924. The van der Waals surface area contributed by atoms with Crippen molar-refractivity contribution in [3.63, 3.8) is 0 Å². The van der Waals surface area contributed by atoms with Gasteiger partial charge in [-0.25, -0.2) is 4.57 Å². The molecule has 0 aromatic heterocycles. The minimum atomic E-state index is -4.43. The van der Waals surface area contributed by atoms with Gasteiger partial charge >= 0.3 is 19.8 Å². The first-order chi connectivity index (χ1) is 42.8. The molecule has 0 heterocycles. The van der Waals surface area contributed by atoms with Crippen LogP contribution in [0.2, 0.25) is 0 Å². The van der Waals surface area contributed by atoms with Gasteiger partial charge in [0.25, 0.3) is 0 Å². The first kappa shape index (κ1) is 81.1. The molecule has 87 heavy (non-hydrogen) atoms. The third kappa shape index (κ3) is 69.0. The fraction of sp³-hybridized carbons (Fsp3) is 0.481. The Labute approximate surface area is 530 Å². The number of carbonyl (C=O) groups is 2. The highest BCUT2D eigenvalue weighted by Gasteiger charge is 2.26. The number of hydrogen-bond donors (Lipinski definition) is 2. The molecule has 0 spiro atoms. The van der Waals surface area contributed by atoms with Gasteiger partial charge in [-0.15, -0.1) is 0 Å². The Bertz CT molecular complexity index is 2270. The monoisotopic (exact) mass is 1210 g/mol. The number of nitrogens with two attached hydrogens (primary N) is 1. The lowest BCUT2D eigenvalue weighted by atomic mass is 10.1. The molecule has 0 fully saturated rings. The molecule has 9 nitrogen and oxygen atoms in total. The van der Waals surface area contributed by atoms with Crippen molar-refractivity contribution < 1.29 is 37.6 Å². The highest BCUT2D eigenvalue weighted by Crippen LogP contribution is 2.43. The Balaban J connectivity index is 4.16. The van der Waals surface area contributed by atoms with Crippen molar-refractivity contribution >= 4 is 19.8 Å². The topological polar surface area (TPSA) is 134 Å². The summed E-state index contributed by atoms with van der Waals surface area (Å²) < 4.78 is 33.0. The number of phosphoric ester groups is 1. The second-order valence-corrected chi connectivity index (χ2v) is 22.0. The number of unbranched alkanes of at least 4 members (excludes halogenated alkanes) is 7. The van der Waals surface area contributed by atoms with Crippen LogP contribution in [0.4, 0.5) is 0 Å². The first-order valence-electron chi connectivity index (χ1n) is 32.9. The van der Waals surface area contributed by atoms with E-state index in [4.69, 9.17) is 24.3 Å². The van der Waals surface area contributed by atoms with Crippen LogP contribution in [0.3, 0.4) is 0 Å². The average molecular weight is 1210 g/mol. The normalized spacial score (nSPS) is 14.5. The van der Waals surface area contributed by atoms with Gasteiger partial charge in [-0.2, -0.15) is 0 Å². The summed E-state index contributed by atoms with van der Waals surface area (Å²) in [7, 11) is -4.43. The van der Waals surface area contributed by atoms with E-state index < -0.39 is 32.5 Å². The number of esters is 2. The molecule has 0 aliphatic heterocycles. The summed E-state index contributed by atoms with van der Waals surface area (Å²) >= 11 is 0. The predicted octanol–water partition coefficient (Wildman–Crippen LogP) is 21.8. The van der Waals surface area contributed by atoms with E-state index in [0.717, 1.165) is 167 Å². The number of hydrogen-bond acceptors (Lipinski definition) is 8. The quantitative estimate of drug-likeness (QED) is 0.0264. The molecular weight excluding hydrogens is 1100 g/mol. The van der Waals surface area contributed by atoms with Gasteiger partial charge in [0.15, 0.2) is 6.10 Å². The Morgan fingerprint density at radius 2 is 0.598 bits per heavy atom. The lowest BCUT2D eigenvalue weighted by Gasteiger charge is -2.19. The van der Waals surface area contributed by atoms with E-state index in [1.54, 1.807) is 0 Å². The van der Waals surface area contributed by atoms with Crippen LogP contribution in [0.5, 0.6) is 0 Å². The van der Waals surface area contributed by atoms with Gasteiger partial charge in [0.05, 0.1) is 13.2 Å². The van der Waals surface area contributed by atoms with Crippen LogP contribution in [-0.4, -0.2) is 49.3 Å². The maximum Gasteiger partial charge on any atom is 0.472 e. The SMILES string of the molecule is CC/C=C\C/C=C\C/C=C\C/C=C\C/C=C\C/C=C\C/C=C\C/C=C\C/C=C\C/C=C\CCCCC(=O)OC(COC(=O)CCCCCCC/C=C\C/C=C\C/C=C\C/C=C\C/C=C\C/C=C\C/C=C\C/C=C\C/C=C\CC)COP(=O)(O)OCCN. The Morgan fingerprint density at radius 3 is 0.908 bits per heavy atom. The smallest absolute Gasteiger partial charge is 0.462 e. The molecule has 2 unspecified atom stereocenters. The fourth-order valence-electron chi connectivity index (χ4n) is 7.77. The van der Waals surface area contributed by atoms with E-state index in [1.165, 1.54) is 0 Å². The van der Waals surface area contributed by atoms with Crippen LogP contribution in [0.15, 0.2) is 231 Å². The molecule has 10 heteroatoms. The molecule has 3 N–H and O–H groups in total. The summed E-state index contributed by atoms with van der Waals surface area (Å²) in [6.07, 6.45) is 110. The van der Waals surface area contributed by atoms with Gasteiger partial charge in [0.2, 0.25) is 0 Å². The lowest BCUT2D eigenvalue weighted by Crippen LogP contribution is -2.29.